The molecule has 3 aliphatic rings. The van der Waals surface area contributed by atoms with Crippen LogP contribution in [-0.4, -0.2) is 64.2 Å². The number of carbonyl (C=O) groups is 2. The smallest absolute Gasteiger partial charge is 0.234 e. The standard InChI is InChI=1S/C29H33ClN4O2S/c1-16-10-18(30)11-21(22(16)15-33-9-8-32(5)13-17(33)2)20-6-7-31-23-12-19(37-26(20)23)14-34-27(35)24-25(28(34)36)29(24,3)4/h6-7,10-12,17,24-25H,8-9,13-15H2,1-5H3/t17-,24?,25?/m0/s1. The number of imide groups is 1. The Bertz CT molecular complexity index is 1410. The van der Waals surface area contributed by atoms with Crippen LogP contribution in [0.4, 0.5) is 0 Å². The van der Waals surface area contributed by atoms with Crippen LogP contribution in [0.5, 0.6) is 0 Å². The Morgan fingerprint density at radius 2 is 1.81 bits per heavy atom. The first-order valence-corrected chi connectivity index (χ1v) is 14.2. The molecule has 3 aromatic rings. The summed E-state index contributed by atoms with van der Waals surface area (Å²) < 4.78 is 1.07. The van der Waals surface area contributed by atoms with Gasteiger partial charge in [-0.05, 0) is 67.3 Å². The molecular formula is C29H33ClN4O2S. The maximum Gasteiger partial charge on any atom is 0.234 e. The lowest BCUT2D eigenvalue weighted by atomic mass is 9.95. The van der Waals surface area contributed by atoms with E-state index in [-0.39, 0.29) is 29.1 Å². The fraction of sp³-hybridized carbons (Fsp3) is 0.483. The van der Waals surface area contributed by atoms with Crippen molar-refractivity contribution in [2.45, 2.75) is 46.8 Å². The molecule has 3 fully saturated rings. The molecular weight excluding hydrogens is 504 g/mol. The van der Waals surface area contributed by atoms with Crippen molar-refractivity contribution < 1.29 is 9.59 Å². The van der Waals surface area contributed by atoms with Crippen LogP contribution in [0.25, 0.3) is 21.3 Å². The first-order valence-electron chi connectivity index (χ1n) is 13.0. The van der Waals surface area contributed by atoms with Gasteiger partial charge in [0.1, 0.15) is 0 Å². The predicted octanol–water partition coefficient (Wildman–Crippen LogP) is 5.20. The van der Waals surface area contributed by atoms with Gasteiger partial charge >= 0.3 is 0 Å². The summed E-state index contributed by atoms with van der Waals surface area (Å²) in [5, 5.41) is 0.722. The molecule has 8 heteroatoms. The molecule has 194 valence electrons. The third-order valence-corrected chi connectivity index (χ3v) is 10.1. The first-order chi connectivity index (χ1) is 17.6. The van der Waals surface area contributed by atoms with E-state index in [0.717, 1.165) is 57.4 Å². The van der Waals surface area contributed by atoms with E-state index in [1.165, 1.54) is 16.0 Å². The Kier molecular flexibility index (Phi) is 5.99. The van der Waals surface area contributed by atoms with Gasteiger partial charge in [-0.15, -0.1) is 11.3 Å². The van der Waals surface area contributed by atoms with Gasteiger partial charge in [-0.3, -0.25) is 24.4 Å². The average molecular weight is 537 g/mol. The molecule has 4 heterocycles. The number of aryl methyl sites for hydroxylation is 1. The third kappa shape index (κ3) is 4.11. The molecule has 1 aromatic carbocycles. The summed E-state index contributed by atoms with van der Waals surface area (Å²) in [6.45, 7) is 12.8. The summed E-state index contributed by atoms with van der Waals surface area (Å²) in [6, 6.07) is 8.69. The minimum absolute atomic E-state index is 0.0281. The lowest BCUT2D eigenvalue weighted by molar-refractivity contribution is -0.143. The number of likely N-dealkylation sites (N-methyl/N-ethyl adjacent to an activating group) is 1. The van der Waals surface area contributed by atoms with E-state index in [2.05, 4.69) is 53.9 Å². The molecule has 6 nitrogen and oxygen atoms in total. The number of piperidine rings is 1. The maximum absolute atomic E-state index is 12.9. The second-order valence-corrected chi connectivity index (χ2v) is 13.2. The number of hydrogen-bond acceptors (Lipinski definition) is 6. The van der Waals surface area contributed by atoms with Gasteiger partial charge in [0.2, 0.25) is 11.8 Å². The molecule has 0 N–H and O–H groups in total. The molecule has 3 atom stereocenters. The number of benzene rings is 1. The van der Waals surface area contributed by atoms with E-state index in [1.54, 1.807) is 11.3 Å². The number of rotatable bonds is 5. The third-order valence-electron chi connectivity index (χ3n) is 8.73. The predicted molar refractivity (Wildman–Crippen MR) is 148 cm³/mol. The van der Waals surface area contributed by atoms with Gasteiger partial charge in [0, 0.05) is 53.9 Å². The van der Waals surface area contributed by atoms with Crippen LogP contribution < -0.4 is 0 Å². The molecule has 2 aliphatic heterocycles. The number of thiophene rings is 1. The average Bonchev–Trinajstić information content (AvgIpc) is 3.08. The quantitative estimate of drug-likeness (QED) is 0.419. The normalized spacial score (nSPS) is 25.8. The zero-order valence-electron chi connectivity index (χ0n) is 22.0. The number of piperazine rings is 1. The zero-order chi connectivity index (χ0) is 26.2. The number of halogens is 1. The molecule has 6 rings (SSSR count). The number of pyridine rings is 1. The summed E-state index contributed by atoms with van der Waals surface area (Å²) in [7, 11) is 2.18. The lowest BCUT2D eigenvalue weighted by Gasteiger charge is -2.38. The molecule has 0 spiro atoms. The van der Waals surface area contributed by atoms with Crippen LogP contribution in [0.15, 0.2) is 30.5 Å². The minimum atomic E-state index is -0.193. The van der Waals surface area contributed by atoms with Crippen molar-refractivity contribution in [3.05, 3.63) is 51.5 Å². The molecule has 2 amide bonds. The number of amides is 2. The number of nitrogens with zero attached hydrogens (tertiary/aromatic N) is 4. The van der Waals surface area contributed by atoms with Crippen LogP contribution in [0.3, 0.4) is 0 Å². The van der Waals surface area contributed by atoms with E-state index < -0.39 is 0 Å². The van der Waals surface area contributed by atoms with Gasteiger partial charge in [-0.2, -0.15) is 0 Å². The van der Waals surface area contributed by atoms with E-state index >= 15 is 0 Å². The van der Waals surface area contributed by atoms with E-state index in [1.807, 2.05) is 26.1 Å². The van der Waals surface area contributed by atoms with E-state index in [0.29, 0.717) is 12.6 Å². The summed E-state index contributed by atoms with van der Waals surface area (Å²) in [5.74, 6) is -0.367. The SMILES string of the molecule is Cc1cc(Cl)cc(-c2ccnc3cc(CN4C(=O)C5C(C4=O)C5(C)C)sc23)c1CN1CCN(C)C[C@@H]1C. The highest BCUT2D eigenvalue weighted by molar-refractivity contribution is 7.19. The molecule has 0 bridgehead atoms. The van der Waals surface area contributed by atoms with Crippen molar-refractivity contribution in [3.63, 3.8) is 0 Å². The molecule has 37 heavy (non-hydrogen) atoms. The van der Waals surface area contributed by atoms with Gasteiger partial charge < -0.3 is 4.90 Å². The summed E-state index contributed by atoms with van der Waals surface area (Å²) in [6.07, 6.45) is 1.84. The van der Waals surface area contributed by atoms with Crippen LogP contribution in [0, 0.1) is 24.2 Å². The maximum atomic E-state index is 12.9. The number of likely N-dealkylation sites (tertiary alicyclic amines) is 1. The molecule has 2 aromatic heterocycles. The van der Waals surface area contributed by atoms with Crippen molar-refractivity contribution in [1.82, 2.24) is 19.7 Å². The molecule has 0 radical (unpaired) electrons. The highest BCUT2D eigenvalue weighted by Gasteiger charge is 2.72. The Labute approximate surface area is 227 Å². The monoisotopic (exact) mass is 536 g/mol. The topological polar surface area (TPSA) is 56.8 Å². The molecule has 2 unspecified atom stereocenters. The number of aromatic nitrogens is 1. The fourth-order valence-electron chi connectivity index (χ4n) is 6.43. The highest BCUT2D eigenvalue weighted by Crippen LogP contribution is 2.63. The van der Waals surface area contributed by atoms with Gasteiger partial charge in [0.15, 0.2) is 0 Å². The Morgan fingerprint density at radius 3 is 2.51 bits per heavy atom. The summed E-state index contributed by atoms with van der Waals surface area (Å²) in [4.78, 5) is 37.8. The highest BCUT2D eigenvalue weighted by atomic mass is 35.5. The second-order valence-electron chi connectivity index (χ2n) is 11.7. The van der Waals surface area contributed by atoms with Crippen LogP contribution in [0.1, 0.15) is 36.8 Å². The van der Waals surface area contributed by atoms with Crippen molar-refractivity contribution in [2.24, 2.45) is 17.3 Å². The Hall–Kier alpha value is -2.32. The first kappa shape index (κ1) is 25.0. The fourth-order valence-corrected chi connectivity index (χ4v) is 7.83. The molecule has 1 saturated carbocycles. The van der Waals surface area contributed by atoms with Crippen LogP contribution >= 0.6 is 22.9 Å². The van der Waals surface area contributed by atoms with Gasteiger partial charge in [0.25, 0.3) is 0 Å². The summed E-state index contributed by atoms with van der Waals surface area (Å²) in [5.41, 5.74) is 5.40. The van der Waals surface area contributed by atoms with Crippen LogP contribution in [-0.2, 0) is 22.7 Å². The Morgan fingerprint density at radius 1 is 1.08 bits per heavy atom. The number of fused-ring (bicyclic) bond motifs is 2. The van der Waals surface area contributed by atoms with Gasteiger partial charge in [0.05, 0.1) is 28.6 Å². The molecule has 2 saturated heterocycles. The summed E-state index contributed by atoms with van der Waals surface area (Å²) >= 11 is 8.21. The second kappa shape index (κ2) is 8.87. The van der Waals surface area contributed by atoms with Crippen molar-refractivity contribution in [3.8, 4) is 11.1 Å². The van der Waals surface area contributed by atoms with Crippen molar-refractivity contribution in [1.29, 1.82) is 0 Å². The van der Waals surface area contributed by atoms with Crippen molar-refractivity contribution in [2.75, 3.05) is 26.7 Å². The largest absolute Gasteiger partial charge is 0.304 e. The number of carbonyl (C=O) groups excluding carboxylic acids is 2. The van der Waals surface area contributed by atoms with Crippen LogP contribution in [0.2, 0.25) is 5.02 Å². The lowest BCUT2D eigenvalue weighted by Crippen LogP contribution is -2.49. The van der Waals surface area contributed by atoms with Gasteiger partial charge in [-0.1, -0.05) is 25.4 Å². The zero-order valence-corrected chi connectivity index (χ0v) is 23.6. The Balaban J connectivity index is 1.34. The van der Waals surface area contributed by atoms with Gasteiger partial charge in [-0.25, -0.2) is 0 Å². The molecule has 1 aliphatic carbocycles. The number of hydrogen-bond donors (Lipinski definition) is 0. The van der Waals surface area contributed by atoms with E-state index in [9.17, 15) is 9.59 Å². The van der Waals surface area contributed by atoms with E-state index in [4.69, 9.17) is 11.6 Å². The minimum Gasteiger partial charge on any atom is -0.304 e. The van der Waals surface area contributed by atoms with Crippen molar-refractivity contribution >= 4 is 45.0 Å².